The van der Waals surface area contributed by atoms with E-state index in [1.165, 1.54) is 11.3 Å². The summed E-state index contributed by atoms with van der Waals surface area (Å²) in [6, 6.07) is 10.8. The number of thiophene rings is 1. The van der Waals surface area contributed by atoms with Crippen LogP contribution in [0.4, 0.5) is 0 Å². The normalized spacial score (nSPS) is 11.6. The molecule has 1 atom stereocenters. The van der Waals surface area contributed by atoms with Gasteiger partial charge in [-0.2, -0.15) is 0 Å². The minimum atomic E-state index is -1.14. The quantitative estimate of drug-likeness (QED) is 0.769. The van der Waals surface area contributed by atoms with Crippen LogP contribution in [-0.2, 0) is 9.59 Å². The van der Waals surface area contributed by atoms with Gasteiger partial charge >= 0.3 is 5.97 Å². The molecule has 0 fully saturated rings. The van der Waals surface area contributed by atoms with Crippen LogP contribution >= 0.6 is 11.3 Å². The van der Waals surface area contributed by atoms with Crippen molar-refractivity contribution >= 4 is 29.0 Å². The Bertz CT molecular complexity index is 652. The summed E-state index contributed by atoms with van der Waals surface area (Å²) in [5, 5.41) is 13.5. The monoisotopic (exact) mass is 317 g/mol. The number of carboxylic acids is 1. The van der Waals surface area contributed by atoms with Crippen LogP contribution in [0.5, 0.6) is 0 Å². The number of aliphatic carboxylic acids is 1. The van der Waals surface area contributed by atoms with E-state index in [9.17, 15) is 19.5 Å². The van der Waals surface area contributed by atoms with Gasteiger partial charge in [0.25, 0.3) is 0 Å². The number of benzene rings is 1. The van der Waals surface area contributed by atoms with Crippen LogP contribution in [0.1, 0.15) is 34.1 Å². The summed E-state index contributed by atoms with van der Waals surface area (Å²) in [7, 11) is 0. The van der Waals surface area contributed by atoms with E-state index in [-0.39, 0.29) is 18.6 Å². The van der Waals surface area contributed by atoms with Crippen LogP contribution in [0, 0.1) is 0 Å². The lowest BCUT2D eigenvalue weighted by Gasteiger charge is -2.14. The van der Waals surface area contributed by atoms with Gasteiger partial charge in [-0.25, -0.2) is 4.79 Å². The lowest BCUT2D eigenvalue weighted by Crippen LogP contribution is -2.33. The van der Waals surface area contributed by atoms with E-state index in [1.54, 1.807) is 47.8 Å². The molecule has 5 nitrogen and oxygen atoms in total. The van der Waals surface area contributed by atoms with Crippen molar-refractivity contribution in [3.63, 3.8) is 0 Å². The van der Waals surface area contributed by atoms with Gasteiger partial charge in [-0.05, 0) is 17.0 Å². The highest BCUT2D eigenvalue weighted by atomic mass is 32.1. The van der Waals surface area contributed by atoms with Crippen molar-refractivity contribution < 1.29 is 19.5 Å². The molecule has 1 aromatic heterocycles. The highest BCUT2D eigenvalue weighted by Crippen LogP contribution is 2.15. The summed E-state index contributed by atoms with van der Waals surface area (Å²) < 4.78 is 0. The van der Waals surface area contributed by atoms with Gasteiger partial charge in [0.1, 0.15) is 0 Å². The summed E-state index contributed by atoms with van der Waals surface area (Å²) in [5.74, 6) is -1.71. The Morgan fingerprint density at radius 1 is 1.05 bits per heavy atom. The minimum absolute atomic E-state index is 0.0344. The van der Waals surface area contributed by atoms with Crippen LogP contribution in [0.25, 0.3) is 0 Å². The van der Waals surface area contributed by atoms with Crippen LogP contribution in [0.3, 0.4) is 0 Å². The highest BCUT2D eigenvalue weighted by molar-refractivity contribution is 7.12. The van der Waals surface area contributed by atoms with Crippen LogP contribution in [0.15, 0.2) is 47.8 Å². The third-order valence-electron chi connectivity index (χ3n) is 3.06. The van der Waals surface area contributed by atoms with E-state index in [1.807, 2.05) is 0 Å². The first-order valence-corrected chi connectivity index (χ1v) is 7.59. The third kappa shape index (κ3) is 4.26. The van der Waals surface area contributed by atoms with Gasteiger partial charge in [0.05, 0.1) is 4.88 Å². The Balaban J connectivity index is 1.92. The molecule has 6 heteroatoms. The van der Waals surface area contributed by atoms with Gasteiger partial charge in [-0.3, -0.25) is 9.59 Å². The molecule has 0 saturated carbocycles. The molecule has 0 radical (unpaired) electrons. The maximum absolute atomic E-state index is 11.9. The summed E-state index contributed by atoms with van der Waals surface area (Å²) in [6.07, 6.45) is 0.0286. The molecule has 1 aromatic carbocycles. The molecule has 0 aliphatic heterocycles. The van der Waals surface area contributed by atoms with E-state index < -0.39 is 17.9 Å². The largest absolute Gasteiger partial charge is 0.479 e. The summed E-state index contributed by atoms with van der Waals surface area (Å²) in [6.45, 7) is 0. The Labute approximate surface area is 131 Å². The van der Waals surface area contributed by atoms with Crippen molar-refractivity contribution in [3.8, 4) is 0 Å². The lowest BCUT2D eigenvalue weighted by atomic mass is 10.1. The zero-order chi connectivity index (χ0) is 15.9. The second kappa shape index (κ2) is 7.51. The predicted molar refractivity (Wildman–Crippen MR) is 82.8 cm³/mol. The zero-order valence-electron chi connectivity index (χ0n) is 11.7. The van der Waals surface area contributed by atoms with E-state index in [0.717, 1.165) is 0 Å². The van der Waals surface area contributed by atoms with Crippen molar-refractivity contribution in [1.29, 1.82) is 0 Å². The zero-order valence-corrected chi connectivity index (χ0v) is 12.5. The number of Topliss-reactive ketones (excluding diaryl/α,β-unsaturated/α-hetero) is 1. The Morgan fingerprint density at radius 2 is 1.77 bits per heavy atom. The average molecular weight is 317 g/mol. The van der Waals surface area contributed by atoms with E-state index >= 15 is 0 Å². The number of carbonyl (C=O) groups is 3. The minimum Gasteiger partial charge on any atom is -0.479 e. The van der Waals surface area contributed by atoms with Gasteiger partial charge < -0.3 is 10.4 Å². The van der Waals surface area contributed by atoms with Crippen molar-refractivity contribution in [3.05, 3.63) is 58.3 Å². The molecule has 0 saturated heterocycles. The molecule has 1 unspecified atom stereocenters. The van der Waals surface area contributed by atoms with E-state index in [2.05, 4.69) is 5.32 Å². The van der Waals surface area contributed by atoms with E-state index in [4.69, 9.17) is 0 Å². The van der Waals surface area contributed by atoms with Gasteiger partial charge in [0, 0.05) is 12.8 Å². The first-order valence-electron chi connectivity index (χ1n) is 6.71. The molecule has 1 heterocycles. The topological polar surface area (TPSA) is 83.5 Å². The van der Waals surface area contributed by atoms with Gasteiger partial charge in [-0.1, -0.05) is 36.4 Å². The Morgan fingerprint density at radius 3 is 2.36 bits per heavy atom. The SMILES string of the molecule is O=C(CCC(=O)c1cccs1)NC(C(=O)O)c1ccccc1. The number of carboxylic acid groups (broad SMARTS) is 1. The highest BCUT2D eigenvalue weighted by Gasteiger charge is 2.22. The van der Waals surface area contributed by atoms with Crippen molar-refractivity contribution in [2.45, 2.75) is 18.9 Å². The van der Waals surface area contributed by atoms with Gasteiger partial charge in [0.2, 0.25) is 5.91 Å². The number of hydrogen-bond acceptors (Lipinski definition) is 4. The van der Waals surface area contributed by atoms with Crippen LogP contribution in [0.2, 0.25) is 0 Å². The molecule has 0 bridgehead atoms. The number of amides is 1. The molecular weight excluding hydrogens is 302 g/mol. The summed E-state index contributed by atoms with van der Waals surface area (Å²) in [5.41, 5.74) is 0.493. The fourth-order valence-corrected chi connectivity index (χ4v) is 2.65. The Kier molecular flexibility index (Phi) is 5.43. The van der Waals surface area contributed by atoms with Crippen molar-refractivity contribution in [1.82, 2.24) is 5.32 Å². The predicted octanol–water partition coefficient (Wildman–Crippen LogP) is 2.65. The summed E-state index contributed by atoms with van der Waals surface area (Å²) >= 11 is 1.32. The van der Waals surface area contributed by atoms with Crippen LogP contribution in [-0.4, -0.2) is 22.8 Å². The maximum atomic E-state index is 11.9. The standard InChI is InChI=1S/C16H15NO4S/c18-12(13-7-4-10-22-13)8-9-14(19)17-15(16(20)21)11-5-2-1-3-6-11/h1-7,10,15H,8-9H2,(H,17,19)(H,20,21). The molecule has 1 amide bonds. The number of rotatable bonds is 7. The number of nitrogens with one attached hydrogen (secondary N) is 1. The number of hydrogen-bond donors (Lipinski definition) is 2. The van der Waals surface area contributed by atoms with Gasteiger partial charge in [-0.15, -0.1) is 11.3 Å². The fourth-order valence-electron chi connectivity index (χ4n) is 1.95. The molecule has 2 N–H and O–H groups in total. The summed E-state index contributed by atoms with van der Waals surface area (Å²) in [4.78, 5) is 35.6. The number of ketones is 1. The molecule has 0 aliphatic rings. The first-order chi connectivity index (χ1) is 10.6. The molecule has 114 valence electrons. The first kappa shape index (κ1) is 15.9. The van der Waals surface area contributed by atoms with E-state index in [0.29, 0.717) is 10.4 Å². The van der Waals surface area contributed by atoms with Crippen LogP contribution < -0.4 is 5.32 Å². The smallest absolute Gasteiger partial charge is 0.330 e. The van der Waals surface area contributed by atoms with Crippen molar-refractivity contribution in [2.75, 3.05) is 0 Å². The molecule has 0 spiro atoms. The second-order valence-corrected chi connectivity index (χ2v) is 5.60. The van der Waals surface area contributed by atoms with Gasteiger partial charge in [0.15, 0.2) is 11.8 Å². The fraction of sp³-hybridized carbons (Fsp3) is 0.188. The molecule has 0 aliphatic carbocycles. The lowest BCUT2D eigenvalue weighted by molar-refractivity contribution is -0.142. The maximum Gasteiger partial charge on any atom is 0.330 e. The number of carbonyl (C=O) groups excluding carboxylic acids is 2. The Hall–Kier alpha value is -2.47. The molecule has 2 aromatic rings. The molecule has 22 heavy (non-hydrogen) atoms. The van der Waals surface area contributed by atoms with Crippen molar-refractivity contribution in [2.24, 2.45) is 0 Å². The molecule has 2 rings (SSSR count). The third-order valence-corrected chi connectivity index (χ3v) is 3.97. The average Bonchev–Trinajstić information content (AvgIpc) is 3.05. The second-order valence-electron chi connectivity index (χ2n) is 4.65. The molecular formula is C16H15NO4S.